The minimum Gasteiger partial charge on any atom is -0.326 e. The van der Waals surface area contributed by atoms with Crippen molar-refractivity contribution >= 4 is 11.2 Å². The molecule has 2 rings (SSSR count). The Hall–Kier alpha value is -1.59. The van der Waals surface area contributed by atoms with Crippen LogP contribution in [0.3, 0.4) is 0 Å². The van der Waals surface area contributed by atoms with Gasteiger partial charge in [0.1, 0.15) is 11.3 Å². The van der Waals surface area contributed by atoms with Gasteiger partial charge < -0.3 is 4.98 Å². The number of fused-ring (bicyclic) bond motifs is 1. The van der Waals surface area contributed by atoms with Crippen LogP contribution < -0.4 is 0 Å². The third-order valence-electron chi connectivity index (χ3n) is 2.53. The quantitative estimate of drug-likeness (QED) is 0.833. The van der Waals surface area contributed by atoms with Crippen molar-refractivity contribution in [3.63, 3.8) is 0 Å². The molecule has 2 aromatic rings. The first-order valence-electron chi connectivity index (χ1n) is 5.23. The summed E-state index contributed by atoms with van der Waals surface area (Å²) in [5.41, 5.74) is -0.110. The Bertz CT molecular complexity index is 555. The lowest BCUT2D eigenvalue weighted by atomic mass is 10.2. The van der Waals surface area contributed by atoms with Crippen LogP contribution in [0, 0.1) is 6.92 Å². The molecule has 17 heavy (non-hydrogen) atoms. The molecule has 2 aromatic heterocycles. The standard InChI is InChI=1S/C11H12F3N3/c1-5(2)9-16-8-4-7(11(12,13)14)6(3)15-10(8)17-9/h4-5H,1-3H3,(H,15,16,17). The molecule has 92 valence electrons. The smallest absolute Gasteiger partial charge is 0.326 e. The molecule has 0 radical (unpaired) electrons. The third-order valence-corrected chi connectivity index (χ3v) is 2.53. The van der Waals surface area contributed by atoms with Crippen LogP contribution in [-0.4, -0.2) is 15.0 Å². The first kappa shape index (κ1) is 11.9. The zero-order valence-corrected chi connectivity index (χ0v) is 9.68. The highest BCUT2D eigenvalue weighted by molar-refractivity contribution is 5.72. The molecule has 0 saturated heterocycles. The topological polar surface area (TPSA) is 41.6 Å². The third kappa shape index (κ3) is 2.11. The number of halogens is 3. The fourth-order valence-electron chi connectivity index (χ4n) is 1.61. The number of hydrogen-bond donors (Lipinski definition) is 1. The summed E-state index contributed by atoms with van der Waals surface area (Å²) in [5.74, 6) is 0.769. The van der Waals surface area contributed by atoms with Crippen molar-refractivity contribution in [1.29, 1.82) is 0 Å². The van der Waals surface area contributed by atoms with E-state index < -0.39 is 11.7 Å². The van der Waals surface area contributed by atoms with Crippen molar-refractivity contribution in [2.75, 3.05) is 0 Å². The van der Waals surface area contributed by atoms with Crippen molar-refractivity contribution in [2.45, 2.75) is 32.9 Å². The molecule has 0 unspecified atom stereocenters. The molecule has 0 fully saturated rings. The Balaban J connectivity index is 2.64. The van der Waals surface area contributed by atoms with E-state index in [1.807, 2.05) is 13.8 Å². The Labute approximate surface area is 96.1 Å². The SMILES string of the molecule is Cc1nc2[nH]c(C(C)C)nc2cc1C(F)(F)F. The van der Waals surface area contributed by atoms with Gasteiger partial charge >= 0.3 is 6.18 Å². The molecular formula is C11H12F3N3. The molecule has 1 N–H and O–H groups in total. The maximum atomic E-state index is 12.7. The predicted octanol–water partition coefficient (Wildman–Crippen LogP) is 3.41. The highest BCUT2D eigenvalue weighted by Gasteiger charge is 2.33. The average molecular weight is 243 g/mol. The van der Waals surface area contributed by atoms with E-state index in [4.69, 9.17) is 0 Å². The predicted molar refractivity (Wildman–Crippen MR) is 57.7 cm³/mol. The highest BCUT2D eigenvalue weighted by Crippen LogP contribution is 2.32. The van der Waals surface area contributed by atoms with Crippen LogP contribution in [0.25, 0.3) is 11.2 Å². The van der Waals surface area contributed by atoms with Gasteiger partial charge in [0.25, 0.3) is 0 Å². The molecular weight excluding hydrogens is 231 g/mol. The first-order valence-corrected chi connectivity index (χ1v) is 5.23. The maximum absolute atomic E-state index is 12.7. The van der Waals surface area contributed by atoms with Crippen molar-refractivity contribution in [3.05, 3.63) is 23.1 Å². The summed E-state index contributed by atoms with van der Waals surface area (Å²) in [6.45, 7) is 5.17. The second-order valence-corrected chi connectivity index (χ2v) is 4.26. The van der Waals surface area contributed by atoms with E-state index in [0.717, 1.165) is 6.07 Å². The van der Waals surface area contributed by atoms with Crippen molar-refractivity contribution in [3.8, 4) is 0 Å². The van der Waals surface area contributed by atoms with E-state index in [-0.39, 0.29) is 17.1 Å². The summed E-state index contributed by atoms with van der Waals surface area (Å²) in [7, 11) is 0. The molecule has 0 bridgehead atoms. The molecule has 0 aliphatic carbocycles. The molecule has 0 aromatic carbocycles. The summed E-state index contributed by atoms with van der Waals surface area (Å²) < 4.78 is 38.0. The Kier molecular flexibility index (Phi) is 2.60. The van der Waals surface area contributed by atoms with Crippen LogP contribution in [0.15, 0.2) is 6.07 Å². The van der Waals surface area contributed by atoms with Crippen LogP contribution in [0.5, 0.6) is 0 Å². The van der Waals surface area contributed by atoms with Crippen molar-refractivity contribution in [2.24, 2.45) is 0 Å². The van der Waals surface area contributed by atoms with Gasteiger partial charge in [-0.25, -0.2) is 9.97 Å². The first-order chi connectivity index (χ1) is 7.79. The van der Waals surface area contributed by atoms with Gasteiger partial charge in [-0.15, -0.1) is 0 Å². The fourth-order valence-corrected chi connectivity index (χ4v) is 1.61. The van der Waals surface area contributed by atoms with E-state index in [1.165, 1.54) is 6.92 Å². The lowest BCUT2D eigenvalue weighted by Crippen LogP contribution is -2.08. The number of alkyl halides is 3. The number of rotatable bonds is 1. The molecule has 6 heteroatoms. The number of nitrogens with one attached hydrogen (secondary N) is 1. The van der Waals surface area contributed by atoms with Crippen molar-refractivity contribution in [1.82, 2.24) is 15.0 Å². The van der Waals surface area contributed by atoms with Crippen LogP contribution in [0.4, 0.5) is 13.2 Å². The van der Waals surface area contributed by atoms with Gasteiger partial charge in [-0.05, 0) is 13.0 Å². The van der Waals surface area contributed by atoms with E-state index in [1.54, 1.807) is 0 Å². The Morgan fingerprint density at radius 1 is 1.24 bits per heavy atom. The second kappa shape index (κ2) is 3.72. The van der Waals surface area contributed by atoms with Crippen molar-refractivity contribution < 1.29 is 13.2 Å². The monoisotopic (exact) mass is 243 g/mol. The fraction of sp³-hybridized carbons (Fsp3) is 0.455. The van der Waals surface area contributed by atoms with Gasteiger partial charge in [0.2, 0.25) is 0 Å². The lowest BCUT2D eigenvalue weighted by Gasteiger charge is -2.08. The number of hydrogen-bond acceptors (Lipinski definition) is 2. The van der Waals surface area contributed by atoms with E-state index >= 15 is 0 Å². The van der Waals surface area contributed by atoms with E-state index in [2.05, 4.69) is 15.0 Å². The molecule has 0 amide bonds. The number of nitrogens with zero attached hydrogens (tertiary/aromatic N) is 2. The van der Waals surface area contributed by atoms with Gasteiger partial charge in [0.05, 0.1) is 11.3 Å². The zero-order valence-electron chi connectivity index (χ0n) is 9.68. The maximum Gasteiger partial charge on any atom is 0.418 e. The van der Waals surface area contributed by atoms with E-state index in [0.29, 0.717) is 11.5 Å². The summed E-state index contributed by atoms with van der Waals surface area (Å²) in [6.07, 6.45) is -4.39. The normalized spacial score (nSPS) is 12.6. The number of H-pyrrole nitrogens is 1. The number of aromatic nitrogens is 3. The van der Waals surface area contributed by atoms with Crippen LogP contribution in [0.1, 0.15) is 36.8 Å². The summed E-state index contributed by atoms with van der Waals surface area (Å²) in [6, 6.07) is 1.04. The van der Waals surface area contributed by atoms with Gasteiger partial charge in [0, 0.05) is 5.92 Å². The molecule has 2 heterocycles. The molecule has 0 spiro atoms. The molecule has 0 saturated carbocycles. The Morgan fingerprint density at radius 3 is 2.41 bits per heavy atom. The number of aromatic amines is 1. The number of imidazole rings is 1. The van der Waals surface area contributed by atoms with Gasteiger partial charge in [0.15, 0.2) is 5.65 Å². The summed E-state index contributed by atoms with van der Waals surface area (Å²) in [5, 5.41) is 0. The summed E-state index contributed by atoms with van der Waals surface area (Å²) in [4.78, 5) is 10.9. The van der Waals surface area contributed by atoms with Gasteiger partial charge in [-0.1, -0.05) is 13.8 Å². The van der Waals surface area contributed by atoms with Crippen LogP contribution in [0.2, 0.25) is 0 Å². The van der Waals surface area contributed by atoms with E-state index in [9.17, 15) is 13.2 Å². The molecule has 0 aliphatic rings. The largest absolute Gasteiger partial charge is 0.418 e. The zero-order chi connectivity index (χ0) is 12.8. The highest BCUT2D eigenvalue weighted by atomic mass is 19.4. The molecule has 0 aliphatic heterocycles. The minimum atomic E-state index is -4.39. The lowest BCUT2D eigenvalue weighted by molar-refractivity contribution is -0.138. The van der Waals surface area contributed by atoms with Gasteiger partial charge in [-0.2, -0.15) is 13.2 Å². The molecule has 3 nitrogen and oxygen atoms in total. The second-order valence-electron chi connectivity index (χ2n) is 4.26. The van der Waals surface area contributed by atoms with Crippen LogP contribution in [-0.2, 0) is 6.18 Å². The average Bonchev–Trinajstić information content (AvgIpc) is 2.57. The van der Waals surface area contributed by atoms with Gasteiger partial charge in [-0.3, -0.25) is 0 Å². The summed E-state index contributed by atoms with van der Waals surface area (Å²) >= 11 is 0. The minimum absolute atomic E-state index is 0.0380. The Morgan fingerprint density at radius 2 is 1.88 bits per heavy atom. The number of pyridine rings is 1. The molecule has 0 atom stereocenters. The van der Waals surface area contributed by atoms with Crippen LogP contribution >= 0.6 is 0 Å². The number of aryl methyl sites for hydroxylation is 1.